The summed E-state index contributed by atoms with van der Waals surface area (Å²) in [6.07, 6.45) is 4.61. The molecule has 0 aliphatic carbocycles. The number of halogens is 2. The van der Waals surface area contributed by atoms with Gasteiger partial charge < -0.3 is 5.73 Å². The lowest BCUT2D eigenvalue weighted by molar-refractivity contribution is 0.506. The van der Waals surface area contributed by atoms with Gasteiger partial charge in [0.15, 0.2) is 11.6 Å². The molecule has 4 heteroatoms. The minimum Gasteiger partial charge on any atom is -0.327 e. The van der Waals surface area contributed by atoms with Crippen molar-refractivity contribution in [1.82, 2.24) is 4.98 Å². The van der Waals surface area contributed by atoms with Gasteiger partial charge >= 0.3 is 0 Å². The average Bonchev–Trinajstić information content (AvgIpc) is 2.35. The third kappa shape index (κ3) is 3.34. The third-order valence-corrected chi connectivity index (χ3v) is 2.73. The van der Waals surface area contributed by atoms with Crippen LogP contribution in [0, 0.1) is 11.6 Å². The fraction of sp³-hybridized carbons (Fsp3) is 0.214. The number of rotatable bonds is 4. The number of pyridine rings is 1. The lowest BCUT2D eigenvalue weighted by Gasteiger charge is -2.11. The van der Waals surface area contributed by atoms with E-state index in [-0.39, 0.29) is 6.04 Å². The monoisotopic (exact) mass is 248 g/mol. The summed E-state index contributed by atoms with van der Waals surface area (Å²) in [5.74, 6) is -1.66. The molecule has 1 aromatic heterocycles. The molecule has 2 aromatic rings. The number of nitrogens with zero attached hydrogens (tertiary/aromatic N) is 1. The SMILES string of the molecule is NC(Cc1ccncc1)Cc1ccc(F)c(F)c1. The summed E-state index contributed by atoms with van der Waals surface area (Å²) in [5, 5.41) is 0. The van der Waals surface area contributed by atoms with Crippen molar-refractivity contribution >= 4 is 0 Å². The first-order valence-electron chi connectivity index (χ1n) is 5.73. The van der Waals surface area contributed by atoms with E-state index < -0.39 is 11.6 Å². The van der Waals surface area contributed by atoms with Crippen molar-refractivity contribution in [3.8, 4) is 0 Å². The van der Waals surface area contributed by atoms with E-state index in [1.807, 2.05) is 12.1 Å². The van der Waals surface area contributed by atoms with Gasteiger partial charge in [0.1, 0.15) is 0 Å². The van der Waals surface area contributed by atoms with E-state index in [1.165, 1.54) is 6.07 Å². The molecule has 0 saturated carbocycles. The fourth-order valence-corrected chi connectivity index (χ4v) is 1.86. The van der Waals surface area contributed by atoms with Gasteiger partial charge in [-0.3, -0.25) is 4.98 Å². The van der Waals surface area contributed by atoms with Crippen LogP contribution in [-0.4, -0.2) is 11.0 Å². The smallest absolute Gasteiger partial charge is 0.159 e. The molecule has 94 valence electrons. The highest BCUT2D eigenvalue weighted by Crippen LogP contribution is 2.11. The first-order valence-corrected chi connectivity index (χ1v) is 5.73. The van der Waals surface area contributed by atoms with Crippen molar-refractivity contribution in [3.63, 3.8) is 0 Å². The van der Waals surface area contributed by atoms with E-state index in [0.717, 1.165) is 11.6 Å². The maximum atomic E-state index is 13.0. The number of nitrogens with two attached hydrogens (primary N) is 1. The van der Waals surface area contributed by atoms with Crippen LogP contribution < -0.4 is 5.73 Å². The van der Waals surface area contributed by atoms with Gasteiger partial charge in [0.25, 0.3) is 0 Å². The van der Waals surface area contributed by atoms with Gasteiger partial charge in [-0.1, -0.05) is 6.07 Å². The van der Waals surface area contributed by atoms with Crippen LogP contribution in [-0.2, 0) is 12.8 Å². The molecule has 2 rings (SSSR count). The standard InChI is InChI=1S/C14H14F2N2/c15-13-2-1-11(9-14(13)16)8-12(17)7-10-3-5-18-6-4-10/h1-6,9,12H,7-8,17H2. The molecule has 0 spiro atoms. The summed E-state index contributed by atoms with van der Waals surface area (Å²) in [6.45, 7) is 0. The fourth-order valence-electron chi connectivity index (χ4n) is 1.86. The Labute approximate surface area is 104 Å². The van der Waals surface area contributed by atoms with E-state index in [0.29, 0.717) is 18.4 Å². The Morgan fingerprint density at radius 1 is 0.944 bits per heavy atom. The van der Waals surface area contributed by atoms with Crippen molar-refractivity contribution in [2.45, 2.75) is 18.9 Å². The van der Waals surface area contributed by atoms with Crippen LogP contribution in [0.4, 0.5) is 8.78 Å². The van der Waals surface area contributed by atoms with Crippen LogP contribution in [0.25, 0.3) is 0 Å². The van der Waals surface area contributed by atoms with Crippen molar-refractivity contribution < 1.29 is 8.78 Å². The minimum absolute atomic E-state index is 0.128. The summed E-state index contributed by atoms with van der Waals surface area (Å²) in [7, 11) is 0. The van der Waals surface area contributed by atoms with Gasteiger partial charge in [-0.05, 0) is 48.2 Å². The molecule has 1 aromatic carbocycles. The zero-order valence-electron chi connectivity index (χ0n) is 9.81. The van der Waals surface area contributed by atoms with Crippen LogP contribution in [0.1, 0.15) is 11.1 Å². The minimum atomic E-state index is -0.832. The average molecular weight is 248 g/mol. The second kappa shape index (κ2) is 5.69. The zero-order valence-corrected chi connectivity index (χ0v) is 9.81. The Balaban J connectivity index is 1.99. The van der Waals surface area contributed by atoms with Crippen LogP contribution in [0.15, 0.2) is 42.7 Å². The zero-order chi connectivity index (χ0) is 13.0. The quantitative estimate of drug-likeness (QED) is 0.902. The molecule has 0 amide bonds. The molecule has 2 nitrogen and oxygen atoms in total. The molecule has 0 aliphatic heterocycles. The molecule has 0 fully saturated rings. The molecular formula is C14H14F2N2. The summed E-state index contributed by atoms with van der Waals surface area (Å²) >= 11 is 0. The third-order valence-electron chi connectivity index (χ3n) is 2.73. The highest BCUT2D eigenvalue weighted by Gasteiger charge is 2.08. The Hall–Kier alpha value is -1.81. The first-order chi connectivity index (χ1) is 8.65. The summed E-state index contributed by atoms with van der Waals surface area (Å²) < 4.78 is 25.8. The largest absolute Gasteiger partial charge is 0.327 e. The molecule has 0 bridgehead atoms. The lowest BCUT2D eigenvalue weighted by Crippen LogP contribution is -2.25. The number of hydrogen-bond donors (Lipinski definition) is 1. The molecule has 1 unspecified atom stereocenters. The molecular weight excluding hydrogens is 234 g/mol. The maximum Gasteiger partial charge on any atom is 0.159 e. The van der Waals surface area contributed by atoms with E-state index in [4.69, 9.17) is 5.73 Å². The predicted octanol–water partition coefficient (Wildman–Crippen LogP) is 2.47. The van der Waals surface area contributed by atoms with Gasteiger partial charge in [0, 0.05) is 18.4 Å². The molecule has 0 radical (unpaired) electrons. The number of hydrogen-bond acceptors (Lipinski definition) is 2. The van der Waals surface area contributed by atoms with E-state index in [9.17, 15) is 8.78 Å². The van der Waals surface area contributed by atoms with Crippen LogP contribution >= 0.6 is 0 Å². The summed E-state index contributed by atoms with van der Waals surface area (Å²) in [6, 6.07) is 7.55. The highest BCUT2D eigenvalue weighted by molar-refractivity contribution is 5.20. The predicted molar refractivity (Wildman–Crippen MR) is 66.0 cm³/mol. The van der Waals surface area contributed by atoms with Gasteiger partial charge in [0.05, 0.1) is 0 Å². The van der Waals surface area contributed by atoms with E-state index in [1.54, 1.807) is 18.5 Å². The molecule has 2 N–H and O–H groups in total. The molecule has 0 aliphatic rings. The van der Waals surface area contributed by atoms with E-state index >= 15 is 0 Å². The van der Waals surface area contributed by atoms with Gasteiger partial charge in [-0.2, -0.15) is 0 Å². The topological polar surface area (TPSA) is 38.9 Å². The Morgan fingerprint density at radius 3 is 2.28 bits per heavy atom. The lowest BCUT2D eigenvalue weighted by atomic mass is 10.0. The number of aromatic nitrogens is 1. The van der Waals surface area contributed by atoms with Crippen molar-refractivity contribution in [2.75, 3.05) is 0 Å². The second-order valence-corrected chi connectivity index (χ2v) is 4.27. The Kier molecular flexibility index (Phi) is 3.99. The van der Waals surface area contributed by atoms with Crippen LogP contribution in [0.3, 0.4) is 0 Å². The molecule has 0 saturated heterocycles. The first kappa shape index (κ1) is 12.6. The van der Waals surface area contributed by atoms with Crippen molar-refractivity contribution in [2.24, 2.45) is 5.73 Å². The van der Waals surface area contributed by atoms with Gasteiger partial charge in [-0.25, -0.2) is 8.78 Å². The van der Waals surface area contributed by atoms with Crippen LogP contribution in [0.5, 0.6) is 0 Å². The van der Waals surface area contributed by atoms with Crippen molar-refractivity contribution in [1.29, 1.82) is 0 Å². The maximum absolute atomic E-state index is 13.0. The molecule has 18 heavy (non-hydrogen) atoms. The summed E-state index contributed by atoms with van der Waals surface area (Å²) in [4.78, 5) is 3.93. The molecule has 1 heterocycles. The highest BCUT2D eigenvalue weighted by atomic mass is 19.2. The Bertz CT molecular complexity index is 514. The summed E-state index contributed by atoms with van der Waals surface area (Å²) in [5.41, 5.74) is 7.78. The van der Waals surface area contributed by atoms with E-state index in [2.05, 4.69) is 4.98 Å². The molecule has 1 atom stereocenters. The van der Waals surface area contributed by atoms with Gasteiger partial charge in [0.2, 0.25) is 0 Å². The number of benzene rings is 1. The Morgan fingerprint density at radius 2 is 1.61 bits per heavy atom. The van der Waals surface area contributed by atoms with Gasteiger partial charge in [-0.15, -0.1) is 0 Å². The second-order valence-electron chi connectivity index (χ2n) is 4.27. The van der Waals surface area contributed by atoms with Crippen molar-refractivity contribution in [3.05, 3.63) is 65.5 Å². The normalized spacial score (nSPS) is 12.4. The van der Waals surface area contributed by atoms with Crippen LogP contribution in [0.2, 0.25) is 0 Å².